The van der Waals surface area contributed by atoms with E-state index in [1.807, 2.05) is 44.2 Å². The number of aromatic nitrogens is 1. The Bertz CT molecular complexity index is 981. The van der Waals surface area contributed by atoms with Crippen LogP contribution in [0.2, 0.25) is 0 Å². The van der Waals surface area contributed by atoms with Crippen molar-refractivity contribution in [1.29, 1.82) is 0 Å². The fourth-order valence-electron chi connectivity index (χ4n) is 3.46. The summed E-state index contributed by atoms with van der Waals surface area (Å²) in [4.78, 5) is 19.2. The molecule has 1 N–H and O–H groups in total. The van der Waals surface area contributed by atoms with Crippen molar-refractivity contribution >= 4 is 23.0 Å². The molecule has 4 heteroatoms. The second-order valence-electron chi connectivity index (χ2n) is 6.70. The number of para-hydroxylation sites is 1. The normalized spacial score (nSPS) is 12.8. The van der Waals surface area contributed by atoms with Crippen LogP contribution in [0.15, 0.2) is 60.8 Å². The molecule has 4 nitrogen and oxygen atoms in total. The summed E-state index contributed by atoms with van der Waals surface area (Å²) in [6, 6.07) is 18.2. The van der Waals surface area contributed by atoms with Gasteiger partial charge in [-0.3, -0.25) is 9.78 Å². The monoisotopic (exact) mass is 343 g/mol. The number of rotatable bonds is 3. The third-order valence-electron chi connectivity index (χ3n) is 4.81. The smallest absolute Gasteiger partial charge is 0.274 e. The van der Waals surface area contributed by atoms with Gasteiger partial charge < -0.3 is 10.2 Å². The Balaban J connectivity index is 1.59. The van der Waals surface area contributed by atoms with Crippen molar-refractivity contribution in [3.8, 4) is 0 Å². The van der Waals surface area contributed by atoms with Gasteiger partial charge in [-0.05, 0) is 55.7 Å². The molecule has 0 atom stereocenters. The molecule has 0 saturated heterocycles. The molecule has 0 unspecified atom stereocenters. The largest absolute Gasteiger partial charge is 0.341 e. The molecule has 0 bridgehead atoms. The Kier molecular flexibility index (Phi) is 4.17. The minimum atomic E-state index is -0.189. The van der Waals surface area contributed by atoms with E-state index in [4.69, 9.17) is 0 Å². The first-order valence-corrected chi connectivity index (χ1v) is 8.82. The topological polar surface area (TPSA) is 45.2 Å². The Morgan fingerprint density at radius 3 is 2.77 bits per heavy atom. The maximum atomic E-state index is 12.7. The first kappa shape index (κ1) is 16.3. The van der Waals surface area contributed by atoms with Gasteiger partial charge in [0.1, 0.15) is 5.69 Å². The number of benzene rings is 2. The second kappa shape index (κ2) is 6.64. The number of fused-ring (bicyclic) bond motifs is 1. The summed E-state index contributed by atoms with van der Waals surface area (Å²) in [6.45, 7) is 4.95. The molecule has 2 aromatic carbocycles. The number of carbonyl (C=O) groups is 1. The lowest BCUT2D eigenvalue weighted by atomic mass is 10.1. The van der Waals surface area contributed by atoms with Crippen molar-refractivity contribution in [3.63, 3.8) is 0 Å². The zero-order valence-corrected chi connectivity index (χ0v) is 15.0. The molecular weight excluding hydrogens is 322 g/mol. The molecular formula is C22H21N3O. The summed E-state index contributed by atoms with van der Waals surface area (Å²) in [5.41, 5.74) is 7.00. The lowest BCUT2D eigenvalue weighted by molar-refractivity contribution is 0.102. The standard InChI is InChI=1S/C22H21N3O/c1-15-7-8-19(16(2)13-15)24-22(26)20-14-18(9-11-23-20)25-12-10-17-5-3-4-6-21(17)25/h3-9,11,13-14H,10,12H2,1-2H3,(H,24,26). The minimum absolute atomic E-state index is 0.189. The molecule has 0 radical (unpaired) electrons. The third kappa shape index (κ3) is 3.06. The van der Waals surface area contributed by atoms with Crippen molar-refractivity contribution < 1.29 is 4.79 Å². The van der Waals surface area contributed by atoms with Crippen LogP contribution in [0.3, 0.4) is 0 Å². The summed E-state index contributed by atoms with van der Waals surface area (Å²) >= 11 is 0. The highest BCUT2D eigenvalue weighted by Gasteiger charge is 2.21. The van der Waals surface area contributed by atoms with E-state index < -0.39 is 0 Å². The Morgan fingerprint density at radius 1 is 1.08 bits per heavy atom. The van der Waals surface area contributed by atoms with Crippen molar-refractivity contribution in [2.75, 3.05) is 16.8 Å². The second-order valence-corrected chi connectivity index (χ2v) is 6.70. The molecule has 0 saturated carbocycles. The fourth-order valence-corrected chi connectivity index (χ4v) is 3.46. The predicted octanol–water partition coefficient (Wildman–Crippen LogP) is 4.64. The van der Waals surface area contributed by atoms with Crippen LogP contribution in [0.5, 0.6) is 0 Å². The van der Waals surface area contributed by atoms with E-state index in [9.17, 15) is 4.79 Å². The zero-order valence-electron chi connectivity index (χ0n) is 15.0. The molecule has 3 aromatic rings. The van der Waals surface area contributed by atoms with E-state index in [1.165, 1.54) is 16.8 Å². The summed E-state index contributed by atoms with van der Waals surface area (Å²) < 4.78 is 0. The van der Waals surface area contributed by atoms with Gasteiger partial charge in [0.05, 0.1) is 0 Å². The quantitative estimate of drug-likeness (QED) is 0.753. The van der Waals surface area contributed by atoms with Gasteiger partial charge in [0.2, 0.25) is 0 Å². The Morgan fingerprint density at radius 2 is 1.92 bits per heavy atom. The molecule has 4 rings (SSSR count). The van der Waals surface area contributed by atoms with Crippen molar-refractivity contribution in [2.45, 2.75) is 20.3 Å². The van der Waals surface area contributed by atoms with E-state index in [-0.39, 0.29) is 5.91 Å². The number of nitrogens with zero attached hydrogens (tertiary/aromatic N) is 2. The van der Waals surface area contributed by atoms with E-state index >= 15 is 0 Å². The Labute approximate surface area is 153 Å². The number of amides is 1. The molecule has 0 fully saturated rings. The SMILES string of the molecule is Cc1ccc(NC(=O)c2cc(N3CCc4ccccc43)ccn2)c(C)c1. The average molecular weight is 343 g/mol. The molecule has 0 spiro atoms. The van der Waals surface area contributed by atoms with Gasteiger partial charge in [-0.2, -0.15) is 0 Å². The molecule has 26 heavy (non-hydrogen) atoms. The van der Waals surface area contributed by atoms with Crippen LogP contribution in [0.4, 0.5) is 17.1 Å². The Hall–Kier alpha value is -3.14. The van der Waals surface area contributed by atoms with Crippen LogP contribution < -0.4 is 10.2 Å². The highest BCUT2D eigenvalue weighted by molar-refractivity contribution is 6.03. The van der Waals surface area contributed by atoms with Crippen LogP contribution in [0.25, 0.3) is 0 Å². The molecule has 0 aliphatic carbocycles. The van der Waals surface area contributed by atoms with E-state index in [0.717, 1.165) is 29.9 Å². The average Bonchev–Trinajstić information content (AvgIpc) is 3.08. The molecule has 1 aliphatic rings. The first-order chi connectivity index (χ1) is 12.6. The van der Waals surface area contributed by atoms with E-state index in [1.54, 1.807) is 6.20 Å². The summed E-state index contributed by atoms with van der Waals surface area (Å²) in [5, 5.41) is 2.97. The van der Waals surface area contributed by atoms with Gasteiger partial charge in [-0.1, -0.05) is 35.9 Å². The van der Waals surface area contributed by atoms with Gasteiger partial charge in [0, 0.05) is 29.8 Å². The minimum Gasteiger partial charge on any atom is -0.341 e. The van der Waals surface area contributed by atoms with Crippen LogP contribution in [-0.2, 0) is 6.42 Å². The van der Waals surface area contributed by atoms with Crippen LogP contribution in [-0.4, -0.2) is 17.4 Å². The first-order valence-electron chi connectivity index (χ1n) is 8.82. The maximum Gasteiger partial charge on any atom is 0.274 e. The fraction of sp³-hybridized carbons (Fsp3) is 0.182. The summed E-state index contributed by atoms with van der Waals surface area (Å²) in [7, 11) is 0. The number of aryl methyl sites for hydroxylation is 2. The number of hydrogen-bond acceptors (Lipinski definition) is 3. The molecule has 2 heterocycles. The van der Waals surface area contributed by atoms with Crippen LogP contribution in [0.1, 0.15) is 27.2 Å². The third-order valence-corrected chi connectivity index (χ3v) is 4.81. The van der Waals surface area contributed by atoms with Gasteiger partial charge in [-0.25, -0.2) is 0 Å². The number of nitrogens with one attached hydrogen (secondary N) is 1. The maximum absolute atomic E-state index is 12.7. The van der Waals surface area contributed by atoms with Crippen LogP contribution in [0, 0.1) is 13.8 Å². The van der Waals surface area contributed by atoms with Crippen molar-refractivity contribution in [2.24, 2.45) is 0 Å². The summed E-state index contributed by atoms with van der Waals surface area (Å²) in [6.07, 6.45) is 2.72. The number of pyridine rings is 1. The number of carbonyl (C=O) groups excluding carboxylic acids is 1. The molecule has 130 valence electrons. The lowest BCUT2D eigenvalue weighted by Gasteiger charge is -2.20. The highest BCUT2D eigenvalue weighted by atomic mass is 16.1. The highest BCUT2D eigenvalue weighted by Crippen LogP contribution is 2.34. The van der Waals surface area contributed by atoms with E-state index in [0.29, 0.717) is 5.69 Å². The van der Waals surface area contributed by atoms with Gasteiger partial charge in [-0.15, -0.1) is 0 Å². The van der Waals surface area contributed by atoms with Gasteiger partial charge in [0.25, 0.3) is 5.91 Å². The van der Waals surface area contributed by atoms with E-state index in [2.05, 4.69) is 39.5 Å². The van der Waals surface area contributed by atoms with Gasteiger partial charge >= 0.3 is 0 Å². The molecule has 1 aliphatic heterocycles. The molecule has 1 amide bonds. The zero-order chi connectivity index (χ0) is 18.1. The summed E-state index contributed by atoms with van der Waals surface area (Å²) in [5.74, 6) is -0.189. The van der Waals surface area contributed by atoms with Crippen molar-refractivity contribution in [1.82, 2.24) is 4.98 Å². The lowest BCUT2D eigenvalue weighted by Crippen LogP contribution is -2.17. The molecule has 1 aromatic heterocycles. The number of anilines is 3. The van der Waals surface area contributed by atoms with Gasteiger partial charge in [0.15, 0.2) is 0 Å². The predicted molar refractivity (Wildman–Crippen MR) is 105 cm³/mol. The number of hydrogen-bond donors (Lipinski definition) is 1. The van der Waals surface area contributed by atoms with Crippen molar-refractivity contribution in [3.05, 3.63) is 83.2 Å². The van der Waals surface area contributed by atoms with Crippen LogP contribution >= 0.6 is 0 Å².